The number of benzene rings is 1. The van der Waals surface area contributed by atoms with Crippen molar-refractivity contribution in [1.82, 2.24) is 20.2 Å². The van der Waals surface area contributed by atoms with Gasteiger partial charge in [0, 0.05) is 30.2 Å². The summed E-state index contributed by atoms with van der Waals surface area (Å²) in [7, 11) is 0. The second kappa shape index (κ2) is 6.54. The molecule has 2 heterocycles. The van der Waals surface area contributed by atoms with Crippen LogP contribution in [0.5, 0.6) is 0 Å². The molecular weight excluding hydrogens is 264 g/mol. The molecule has 1 aromatic carbocycles. The van der Waals surface area contributed by atoms with Crippen molar-refractivity contribution in [1.29, 1.82) is 0 Å². The Hall–Kier alpha value is -2.14. The minimum Gasteiger partial charge on any atom is -0.352 e. The quantitative estimate of drug-likeness (QED) is 0.877. The molecule has 0 radical (unpaired) electrons. The van der Waals surface area contributed by atoms with E-state index in [0.29, 0.717) is 11.5 Å². The zero-order valence-electron chi connectivity index (χ0n) is 12.0. The van der Waals surface area contributed by atoms with Crippen LogP contribution in [0.4, 0.5) is 0 Å². The number of carbonyl (C=O) groups is 1. The van der Waals surface area contributed by atoms with Crippen LogP contribution in [0.2, 0.25) is 0 Å². The van der Waals surface area contributed by atoms with Crippen LogP contribution in [0.3, 0.4) is 0 Å². The van der Waals surface area contributed by atoms with Crippen LogP contribution >= 0.6 is 0 Å². The lowest BCUT2D eigenvalue weighted by Gasteiger charge is -2.10. The Labute approximate surface area is 124 Å². The van der Waals surface area contributed by atoms with E-state index >= 15 is 0 Å². The van der Waals surface area contributed by atoms with Gasteiger partial charge in [-0.15, -0.1) is 0 Å². The van der Waals surface area contributed by atoms with E-state index in [1.165, 1.54) is 6.42 Å². The Bertz CT molecular complexity index is 571. The van der Waals surface area contributed by atoms with Gasteiger partial charge in [-0.1, -0.05) is 0 Å². The van der Waals surface area contributed by atoms with E-state index < -0.39 is 0 Å². The lowest BCUT2D eigenvalue weighted by Crippen LogP contribution is -2.26. The largest absolute Gasteiger partial charge is 0.352 e. The molecule has 0 saturated carbocycles. The summed E-state index contributed by atoms with van der Waals surface area (Å²) in [6.07, 6.45) is 7.62. The fraction of sp³-hybridized carbons (Fsp3) is 0.375. The molecule has 1 amide bonds. The van der Waals surface area contributed by atoms with E-state index in [1.54, 1.807) is 12.5 Å². The fourth-order valence-corrected chi connectivity index (χ4v) is 2.65. The Morgan fingerprint density at radius 1 is 1.38 bits per heavy atom. The molecule has 1 aliphatic rings. The standard InChI is InChI=1S/C16H20N4O/c21-16(19-8-6-13-5-7-17-11-13)14-1-3-15(4-2-14)20-10-9-18-12-20/h1-4,9-10,12-13,17H,5-8,11H2,(H,19,21). The predicted molar refractivity (Wildman–Crippen MR) is 81.5 cm³/mol. The van der Waals surface area contributed by atoms with Crippen molar-refractivity contribution in [2.75, 3.05) is 19.6 Å². The molecule has 5 nitrogen and oxygen atoms in total. The SMILES string of the molecule is O=C(NCCC1CCNC1)c1ccc(-n2ccnc2)cc1. The van der Waals surface area contributed by atoms with E-state index in [4.69, 9.17) is 0 Å². The monoisotopic (exact) mass is 284 g/mol. The average Bonchev–Trinajstić information content (AvgIpc) is 3.21. The summed E-state index contributed by atoms with van der Waals surface area (Å²) in [5.74, 6) is 0.701. The second-order valence-corrected chi connectivity index (χ2v) is 5.42. The van der Waals surface area contributed by atoms with Gasteiger partial charge in [-0.3, -0.25) is 4.79 Å². The van der Waals surface area contributed by atoms with E-state index in [2.05, 4.69) is 15.6 Å². The predicted octanol–water partition coefficient (Wildman–Crippen LogP) is 1.60. The average molecular weight is 284 g/mol. The first kappa shape index (κ1) is 13.8. The topological polar surface area (TPSA) is 59.0 Å². The van der Waals surface area contributed by atoms with E-state index in [1.807, 2.05) is 35.0 Å². The third kappa shape index (κ3) is 3.49. The number of aromatic nitrogens is 2. The Balaban J connectivity index is 1.52. The van der Waals surface area contributed by atoms with Crippen LogP contribution in [0, 0.1) is 5.92 Å². The van der Waals surface area contributed by atoms with Crippen LogP contribution < -0.4 is 10.6 Å². The number of nitrogens with one attached hydrogen (secondary N) is 2. The summed E-state index contributed by atoms with van der Waals surface area (Å²) in [5.41, 5.74) is 1.70. The van der Waals surface area contributed by atoms with Gasteiger partial charge < -0.3 is 15.2 Å². The molecule has 21 heavy (non-hydrogen) atoms. The van der Waals surface area contributed by atoms with Crippen LogP contribution in [0.15, 0.2) is 43.0 Å². The molecule has 1 fully saturated rings. The molecule has 0 spiro atoms. The molecule has 1 atom stereocenters. The number of carbonyl (C=O) groups excluding carboxylic acids is 1. The maximum absolute atomic E-state index is 12.1. The Kier molecular flexibility index (Phi) is 4.31. The summed E-state index contributed by atoms with van der Waals surface area (Å²) >= 11 is 0. The van der Waals surface area contributed by atoms with Crippen molar-refractivity contribution < 1.29 is 4.79 Å². The number of amides is 1. The first-order chi connectivity index (χ1) is 10.3. The van der Waals surface area contributed by atoms with Crippen molar-refractivity contribution in [3.05, 3.63) is 48.5 Å². The molecule has 2 aromatic rings. The number of hydrogen-bond donors (Lipinski definition) is 2. The zero-order valence-corrected chi connectivity index (χ0v) is 12.0. The highest BCUT2D eigenvalue weighted by Gasteiger charge is 2.14. The molecular formula is C16H20N4O. The third-order valence-corrected chi connectivity index (χ3v) is 3.93. The number of hydrogen-bond acceptors (Lipinski definition) is 3. The summed E-state index contributed by atoms with van der Waals surface area (Å²) in [6, 6.07) is 7.55. The van der Waals surface area contributed by atoms with Gasteiger partial charge in [-0.25, -0.2) is 4.98 Å². The molecule has 0 bridgehead atoms. The van der Waals surface area contributed by atoms with E-state index in [0.717, 1.165) is 31.7 Å². The maximum atomic E-state index is 12.1. The van der Waals surface area contributed by atoms with Gasteiger partial charge in [0.05, 0.1) is 6.33 Å². The maximum Gasteiger partial charge on any atom is 0.251 e. The number of rotatable bonds is 5. The summed E-state index contributed by atoms with van der Waals surface area (Å²) in [5, 5.41) is 6.34. The van der Waals surface area contributed by atoms with Crippen molar-refractivity contribution >= 4 is 5.91 Å². The smallest absolute Gasteiger partial charge is 0.251 e. The lowest BCUT2D eigenvalue weighted by molar-refractivity contribution is 0.0951. The summed E-state index contributed by atoms with van der Waals surface area (Å²) in [6.45, 7) is 2.93. The molecule has 0 aliphatic carbocycles. The van der Waals surface area contributed by atoms with Crippen molar-refractivity contribution in [2.45, 2.75) is 12.8 Å². The van der Waals surface area contributed by atoms with Gasteiger partial charge in [-0.2, -0.15) is 0 Å². The molecule has 110 valence electrons. The van der Waals surface area contributed by atoms with Gasteiger partial charge in [0.25, 0.3) is 5.91 Å². The molecule has 1 unspecified atom stereocenters. The second-order valence-electron chi connectivity index (χ2n) is 5.42. The van der Waals surface area contributed by atoms with Crippen molar-refractivity contribution in [3.8, 4) is 5.69 Å². The highest BCUT2D eigenvalue weighted by atomic mass is 16.1. The number of imidazole rings is 1. The third-order valence-electron chi connectivity index (χ3n) is 3.93. The van der Waals surface area contributed by atoms with Crippen LogP contribution in [0.25, 0.3) is 5.69 Å². The fourth-order valence-electron chi connectivity index (χ4n) is 2.65. The van der Waals surface area contributed by atoms with Gasteiger partial charge in [0.2, 0.25) is 0 Å². The molecule has 3 rings (SSSR count). The molecule has 1 aromatic heterocycles. The first-order valence-corrected chi connectivity index (χ1v) is 7.40. The van der Waals surface area contributed by atoms with Crippen molar-refractivity contribution in [2.24, 2.45) is 5.92 Å². The highest BCUT2D eigenvalue weighted by molar-refractivity contribution is 5.94. The molecule has 1 aliphatic heterocycles. The molecule has 2 N–H and O–H groups in total. The minimum atomic E-state index is -0.00172. The van der Waals surface area contributed by atoms with Crippen LogP contribution in [-0.2, 0) is 0 Å². The number of nitrogens with zero attached hydrogens (tertiary/aromatic N) is 2. The Morgan fingerprint density at radius 3 is 2.90 bits per heavy atom. The molecule has 5 heteroatoms. The van der Waals surface area contributed by atoms with Crippen molar-refractivity contribution in [3.63, 3.8) is 0 Å². The minimum absolute atomic E-state index is 0.00172. The highest BCUT2D eigenvalue weighted by Crippen LogP contribution is 2.12. The van der Waals surface area contributed by atoms with Gasteiger partial charge in [-0.05, 0) is 56.1 Å². The van der Waals surface area contributed by atoms with E-state index in [9.17, 15) is 4.79 Å². The Morgan fingerprint density at radius 2 is 2.24 bits per heavy atom. The molecule has 1 saturated heterocycles. The van der Waals surface area contributed by atoms with Gasteiger partial charge in [0.15, 0.2) is 0 Å². The summed E-state index contributed by atoms with van der Waals surface area (Å²) in [4.78, 5) is 16.1. The summed E-state index contributed by atoms with van der Waals surface area (Å²) < 4.78 is 1.91. The van der Waals surface area contributed by atoms with Gasteiger partial charge in [0.1, 0.15) is 0 Å². The van der Waals surface area contributed by atoms with Gasteiger partial charge >= 0.3 is 0 Å². The normalized spacial score (nSPS) is 17.8. The zero-order chi connectivity index (χ0) is 14.5. The first-order valence-electron chi connectivity index (χ1n) is 7.40. The van der Waals surface area contributed by atoms with Crippen LogP contribution in [-0.4, -0.2) is 35.1 Å². The van der Waals surface area contributed by atoms with E-state index in [-0.39, 0.29) is 5.91 Å². The van der Waals surface area contributed by atoms with Crippen LogP contribution in [0.1, 0.15) is 23.2 Å². The lowest BCUT2D eigenvalue weighted by atomic mass is 10.1.